The highest BCUT2D eigenvalue weighted by Gasteiger charge is 2.39. The van der Waals surface area contributed by atoms with Crippen molar-refractivity contribution in [3.05, 3.63) is 11.6 Å². The molecule has 0 aliphatic heterocycles. The summed E-state index contributed by atoms with van der Waals surface area (Å²) in [6, 6.07) is 0. The molecule has 0 bridgehead atoms. The van der Waals surface area contributed by atoms with Crippen molar-refractivity contribution in [2.75, 3.05) is 0 Å². The van der Waals surface area contributed by atoms with Gasteiger partial charge in [0, 0.05) is 12.3 Å². The number of rotatable bonds is 2. The van der Waals surface area contributed by atoms with E-state index in [9.17, 15) is 9.59 Å². The summed E-state index contributed by atoms with van der Waals surface area (Å²) in [4.78, 5) is 21.4. The molecule has 12 heavy (non-hydrogen) atoms. The molecule has 0 aromatic rings. The zero-order valence-corrected chi connectivity index (χ0v) is 6.95. The first kappa shape index (κ1) is 7.71. The third-order valence-corrected chi connectivity index (χ3v) is 2.73. The number of carbonyl (C=O) groups excluding carboxylic acids is 2. The summed E-state index contributed by atoms with van der Waals surface area (Å²) in [5.74, 6) is 0.890. The summed E-state index contributed by atoms with van der Waals surface area (Å²) in [5, 5.41) is 0. The molecule has 64 valence electrons. The summed E-state index contributed by atoms with van der Waals surface area (Å²) in [7, 11) is 0. The summed E-state index contributed by atoms with van der Waals surface area (Å²) in [5.41, 5.74) is 1.23. The second-order valence-electron chi connectivity index (χ2n) is 3.68. The Balaban J connectivity index is 2.04. The molecule has 1 saturated carbocycles. The maximum Gasteiger partial charge on any atom is 0.155 e. The van der Waals surface area contributed by atoms with Gasteiger partial charge in [-0.25, -0.2) is 0 Å². The lowest BCUT2D eigenvalue weighted by Crippen LogP contribution is -2.04. The highest BCUT2D eigenvalue weighted by atomic mass is 16.1. The molecule has 0 radical (unpaired) electrons. The number of carbonyl (C=O) groups is 2. The van der Waals surface area contributed by atoms with Crippen LogP contribution < -0.4 is 0 Å². The van der Waals surface area contributed by atoms with Gasteiger partial charge in [0.15, 0.2) is 5.78 Å². The Hall–Kier alpha value is -0.920. The van der Waals surface area contributed by atoms with E-state index in [4.69, 9.17) is 0 Å². The summed E-state index contributed by atoms with van der Waals surface area (Å²) < 4.78 is 0. The van der Waals surface area contributed by atoms with E-state index in [1.165, 1.54) is 5.57 Å². The first-order chi connectivity index (χ1) is 5.81. The van der Waals surface area contributed by atoms with Gasteiger partial charge >= 0.3 is 0 Å². The van der Waals surface area contributed by atoms with Crippen LogP contribution in [0.1, 0.15) is 25.7 Å². The van der Waals surface area contributed by atoms with E-state index in [1.54, 1.807) is 6.08 Å². The standard InChI is InChI=1S/C10H12O2/c11-6-8-5-10(8)7-2-1-3-9(12)4-7/h4,6,8,10H,1-3,5H2/t8-,10-/m0/s1. The molecule has 0 aromatic heterocycles. The van der Waals surface area contributed by atoms with Gasteiger partial charge in [-0.3, -0.25) is 4.79 Å². The van der Waals surface area contributed by atoms with Gasteiger partial charge in [-0.15, -0.1) is 0 Å². The van der Waals surface area contributed by atoms with Crippen molar-refractivity contribution in [1.82, 2.24) is 0 Å². The molecule has 2 heteroatoms. The van der Waals surface area contributed by atoms with Crippen molar-refractivity contribution < 1.29 is 9.59 Å². The van der Waals surface area contributed by atoms with Gasteiger partial charge in [0.2, 0.25) is 0 Å². The van der Waals surface area contributed by atoms with E-state index in [0.717, 1.165) is 25.5 Å². The van der Waals surface area contributed by atoms with Crippen molar-refractivity contribution in [1.29, 1.82) is 0 Å². The molecule has 2 aliphatic carbocycles. The molecule has 0 heterocycles. The summed E-state index contributed by atoms with van der Waals surface area (Å²) in [6.07, 6.45) is 6.46. The fraction of sp³-hybridized carbons (Fsp3) is 0.600. The van der Waals surface area contributed by atoms with Crippen LogP contribution >= 0.6 is 0 Å². The van der Waals surface area contributed by atoms with Crippen LogP contribution in [0.15, 0.2) is 11.6 Å². The van der Waals surface area contributed by atoms with Crippen LogP contribution in [0.4, 0.5) is 0 Å². The van der Waals surface area contributed by atoms with Crippen molar-refractivity contribution in [2.45, 2.75) is 25.7 Å². The minimum absolute atomic E-state index is 0.224. The van der Waals surface area contributed by atoms with Crippen LogP contribution in [0.3, 0.4) is 0 Å². The van der Waals surface area contributed by atoms with Gasteiger partial charge in [0.25, 0.3) is 0 Å². The maximum atomic E-state index is 11.0. The van der Waals surface area contributed by atoms with Gasteiger partial charge in [0.05, 0.1) is 0 Å². The van der Waals surface area contributed by atoms with E-state index in [1.807, 2.05) is 0 Å². The fourth-order valence-corrected chi connectivity index (χ4v) is 1.90. The third-order valence-electron chi connectivity index (χ3n) is 2.73. The highest BCUT2D eigenvalue weighted by Crippen LogP contribution is 2.45. The smallest absolute Gasteiger partial charge is 0.155 e. The van der Waals surface area contributed by atoms with Crippen LogP contribution in [0.5, 0.6) is 0 Å². The van der Waals surface area contributed by atoms with Gasteiger partial charge in [-0.05, 0) is 31.3 Å². The van der Waals surface area contributed by atoms with Gasteiger partial charge in [-0.1, -0.05) is 5.57 Å². The first-order valence-corrected chi connectivity index (χ1v) is 4.50. The Kier molecular flexibility index (Phi) is 1.83. The third kappa shape index (κ3) is 1.33. The van der Waals surface area contributed by atoms with E-state index in [2.05, 4.69) is 0 Å². The van der Waals surface area contributed by atoms with Crippen molar-refractivity contribution in [3.63, 3.8) is 0 Å². The molecule has 2 aliphatic rings. The Morgan fingerprint density at radius 2 is 2.25 bits per heavy atom. The zero-order valence-electron chi connectivity index (χ0n) is 6.95. The van der Waals surface area contributed by atoms with Crippen LogP contribution in [0.2, 0.25) is 0 Å². The quantitative estimate of drug-likeness (QED) is 0.579. The SMILES string of the molecule is O=C[C@@H]1C[C@H]1C1=CC(=O)CCC1. The molecule has 0 N–H and O–H groups in total. The van der Waals surface area contributed by atoms with E-state index >= 15 is 0 Å². The van der Waals surface area contributed by atoms with E-state index in [-0.39, 0.29) is 11.7 Å². The monoisotopic (exact) mass is 164 g/mol. The molecule has 2 rings (SSSR count). The minimum Gasteiger partial charge on any atom is -0.303 e. The Labute approximate surface area is 71.6 Å². The highest BCUT2D eigenvalue weighted by molar-refractivity contribution is 5.91. The maximum absolute atomic E-state index is 11.0. The molecule has 0 saturated heterocycles. The van der Waals surface area contributed by atoms with Crippen molar-refractivity contribution in [2.24, 2.45) is 11.8 Å². The minimum atomic E-state index is 0.224. The molecular weight excluding hydrogens is 152 g/mol. The Morgan fingerprint density at radius 1 is 1.42 bits per heavy atom. The number of ketones is 1. The van der Waals surface area contributed by atoms with Crippen molar-refractivity contribution in [3.8, 4) is 0 Å². The summed E-state index contributed by atoms with van der Waals surface area (Å²) in [6.45, 7) is 0. The van der Waals surface area contributed by atoms with Crippen LogP contribution in [-0.4, -0.2) is 12.1 Å². The van der Waals surface area contributed by atoms with Crippen LogP contribution in [-0.2, 0) is 9.59 Å². The van der Waals surface area contributed by atoms with Crippen molar-refractivity contribution >= 4 is 12.1 Å². The Bertz CT molecular complexity index is 253. The Morgan fingerprint density at radius 3 is 2.83 bits per heavy atom. The number of hydrogen-bond donors (Lipinski definition) is 0. The molecule has 2 nitrogen and oxygen atoms in total. The topological polar surface area (TPSA) is 34.1 Å². The lowest BCUT2D eigenvalue weighted by Gasteiger charge is -2.10. The van der Waals surface area contributed by atoms with Crippen LogP contribution in [0.25, 0.3) is 0 Å². The second-order valence-corrected chi connectivity index (χ2v) is 3.68. The molecule has 0 unspecified atom stereocenters. The van der Waals surface area contributed by atoms with Gasteiger partial charge < -0.3 is 4.79 Å². The fourth-order valence-electron chi connectivity index (χ4n) is 1.90. The number of hydrogen-bond acceptors (Lipinski definition) is 2. The number of allylic oxidation sites excluding steroid dienone is 2. The van der Waals surface area contributed by atoms with Gasteiger partial charge in [-0.2, -0.15) is 0 Å². The lowest BCUT2D eigenvalue weighted by molar-refractivity contribution is -0.115. The van der Waals surface area contributed by atoms with E-state index < -0.39 is 0 Å². The predicted octanol–water partition coefficient (Wildman–Crippen LogP) is 1.50. The largest absolute Gasteiger partial charge is 0.303 e. The number of aldehydes is 1. The normalized spacial score (nSPS) is 34.3. The first-order valence-electron chi connectivity index (χ1n) is 4.50. The summed E-state index contributed by atoms with van der Waals surface area (Å²) >= 11 is 0. The molecule has 0 aromatic carbocycles. The van der Waals surface area contributed by atoms with Crippen LogP contribution in [0, 0.1) is 11.8 Å². The van der Waals surface area contributed by atoms with Gasteiger partial charge in [0.1, 0.15) is 6.29 Å². The molecular formula is C10H12O2. The molecule has 0 spiro atoms. The lowest BCUT2D eigenvalue weighted by atomic mass is 9.94. The zero-order chi connectivity index (χ0) is 8.55. The molecule has 1 fully saturated rings. The average molecular weight is 164 g/mol. The predicted molar refractivity (Wildman–Crippen MR) is 44.6 cm³/mol. The van der Waals surface area contributed by atoms with E-state index in [0.29, 0.717) is 12.3 Å². The average Bonchev–Trinajstić information content (AvgIpc) is 2.83. The second kappa shape index (κ2) is 2.85. The molecule has 0 amide bonds. The molecule has 2 atom stereocenters.